The van der Waals surface area contributed by atoms with E-state index in [0.29, 0.717) is 12.5 Å². The molecule has 1 fully saturated rings. The van der Waals surface area contributed by atoms with Crippen molar-refractivity contribution in [3.8, 4) is 0 Å². The zero-order valence-corrected chi connectivity index (χ0v) is 14.1. The first-order chi connectivity index (χ1) is 9.60. The van der Waals surface area contributed by atoms with Crippen LogP contribution in [-0.4, -0.2) is 19.0 Å². The number of carbonyl (C=O) groups is 1. The van der Waals surface area contributed by atoms with E-state index < -0.39 is 0 Å². The van der Waals surface area contributed by atoms with Crippen molar-refractivity contribution in [3.63, 3.8) is 0 Å². The molecule has 0 heterocycles. The minimum Gasteiger partial charge on any atom is -0.330 e. The minimum absolute atomic E-state index is 0. The van der Waals surface area contributed by atoms with Crippen molar-refractivity contribution in [2.24, 2.45) is 17.6 Å². The Balaban J connectivity index is 0.00000220. The number of nitrogens with zero attached hydrogens (tertiary/aromatic N) is 1. The summed E-state index contributed by atoms with van der Waals surface area (Å²) in [5.41, 5.74) is 9.31. The first kappa shape index (κ1) is 18.0. The number of anilines is 1. The lowest BCUT2D eigenvalue weighted by atomic mass is 9.94. The summed E-state index contributed by atoms with van der Waals surface area (Å²) in [5.74, 6) is 0.732. The number of aryl methyl sites for hydroxylation is 1. The second-order valence-electron chi connectivity index (χ2n) is 5.83. The third-order valence-electron chi connectivity index (χ3n) is 4.73. The summed E-state index contributed by atoms with van der Waals surface area (Å²) >= 11 is 0. The van der Waals surface area contributed by atoms with Gasteiger partial charge in [0.15, 0.2) is 0 Å². The summed E-state index contributed by atoms with van der Waals surface area (Å²) < 4.78 is 0. The van der Waals surface area contributed by atoms with Crippen LogP contribution in [0.25, 0.3) is 0 Å². The van der Waals surface area contributed by atoms with E-state index in [2.05, 4.69) is 26.0 Å². The largest absolute Gasteiger partial charge is 0.330 e. The van der Waals surface area contributed by atoms with Gasteiger partial charge >= 0.3 is 0 Å². The van der Waals surface area contributed by atoms with Crippen molar-refractivity contribution in [1.82, 2.24) is 0 Å². The lowest BCUT2D eigenvalue weighted by molar-refractivity contribution is -0.123. The Kier molecular flexibility index (Phi) is 6.69. The van der Waals surface area contributed by atoms with Crippen LogP contribution < -0.4 is 10.6 Å². The highest BCUT2D eigenvalue weighted by molar-refractivity contribution is 5.96. The Morgan fingerprint density at radius 1 is 1.33 bits per heavy atom. The lowest BCUT2D eigenvalue weighted by Gasteiger charge is -2.28. The molecule has 118 valence electrons. The van der Waals surface area contributed by atoms with Crippen molar-refractivity contribution < 1.29 is 4.79 Å². The molecule has 2 rings (SSSR count). The molecule has 1 amide bonds. The molecule has 3 nitrogen and oxygen atoms in total. The van der Waals surface area contributed by atoms with Gasteiger partial charge in [-0.1, -0.05) is 18.6 Å². The topological polar surface area (TPSA) is 46.3 Å². The third kappa shape index (κ3) is 3.58. The van der Waals surface area contributed by atoms with Crippen LogP contribution in [-0.2, 0) is 4.79 Å². The van der Waals surface area contributed by atoms with Crippen LogP contribution in [0.2, 0.25) is 0 Å². The molecule has 4 heteroatoms. The van der Waals surface area contributed by atoms with Gasteiger partial charge in [-0.25, -0.2) is 0 Å². The molecule has 0 aromatic heterocycles. The zero-order valence-electron chi connectivity index (χ0n) is 13.3. The summed E-state index contributed by atoms with van der Waals surface area (Å²) in [6.07, 6.45) is 3.21. The Bertz CT molecular complexity index is 490. The molecule has 1 aliphatic rings. The Morgan fingerprint density at radius 2 is 2.05 bits per heavy atom. The van der Waals surface area contributed by atoms with Gasteiger partial charge in [0.2, 0.25) is 5.91 Å². The first-order valence-electron chi connectivity index (χ1n) is 7.67. The van der Waals surface area contributed by atoms with Crippen LogP contribution in [0.15, 0.2) is 18.2 Å². The normalized spacial score (nSPS) is 21.0. The lowest BCUT2D eigenvalue weighted by Crippen LogP contribution is -2.39. The molecule has 2 atom stereocenters. The fourth-order valence-electron chi connectivity index (χ4n) is 3.32. The molecule has 0 radical (unpaired) electrons. The molecule has 2 N–H and O–H groups in total. The standard InChI is InChI=1S/C17H26N2O.ClH/c1-4-19(16-10-5-7-12(2)13(16)3)17(20)15-9-6-8-14(15)11-18;/h5,7,10,14-15H,4,6,8-9,11,18H2,1-3H3;1H/t14-,15-;/m1./s1. The van der Waals surface area contributed by atoms with Gasteiger partial charge in [-0.05, 0) is 63.3 Å². The van der Waals surface area contributed by atoms with E-state index in [0.717, 1.165) is 31.5 Å². The van der Waals surface area contributed by atoms with Gasteiger partial charge in [0.05, 0.1) is 0 Å². The van der Waals surface area contributed by atoms with Crippen LogP contribution in [0.1, 0.15) is 37.3 Å². The van der Waals surface area contributed by atoms with E-state index in [-0.39, 0.29) is 24.2 Å². The monoisotopic (exact) mass is 310 g/mol. The fraction of sp³-hybridized carbons (Fsp3) is 0.588. The van der Waals surface area contributed by atoms with Gasteiger partial charge in [-0.15, -0.1) is 12.4 Å². The number of rotatable bonds is 4. The Morgan fingerprint density at radius 3 is 2.67 bits per heavy atom. The summed E-state index contributed by atoms with van der Waals surface area (Å²) in [6, 6.07) is 6.17. The van der Waals surface area contributed by atoms with Crippen LogP contribution in [0.5, 0.6) is 0 Å². The van der Waals surface area contributed by atoms with E-state index in [9.17, 15) is 4.79 Å². The average molecular weight is 311 g/mol. The number of nitrogens with two attached hydrogens (primary N) is 1. The highest BCUT2D eigenvalue weighted by Gasteiger charge is 2.35. The number of amides is 1. The first-order valence-corrected chi connectivity index (χ1v) is 7.67. The number of carbonyl (C=O) groups excluding carboxylic acids is 1. The molecule has 0 unspecified atom stereocenters. The SMILES string of the molecule is CCN(C(=O)[C@@H]1CCC[C@@H]1CN)c1cccc(C)c1C.Cl. The van der Waals surface area contributed by atoms with E-state index in [1.165, 1.54) is 11.1 Å². The van der Waals surface area contributed by atoms with E-state index in [4.69, 9.17) is 5.73 Å². The fourth-order valence-corrected chi connectivity index (χ4v) is 3.32. The predicted molar refractivity (Wildman–Crippen MR) is 91.1 cm³/mol. The van der Waals surface area contributed by atoms with Crippen molar-refractivity contribution in [1.29, 1.82) is 0 Å². The number of hydrogen-bond donors (Lipinski definition) is 1. The highest BCUT2D eigenvalue weighted by atomic mass is 35.5. The molecular weight excluding hydrogens is 284 g/mol. The van der Waals surface area contributed by atoms with Crippen LogP contribution in [0.4, 0.5) is 5.69 Å². The Hall–Kier alpha value is -1.06. The molecule has 0 aliphatic heterocycles. The smallest absolute Gasteiger partial charge is 0.230 e. The molecule has 21 heavy (non-hydrogen) atoms. The third-order valence-corrected chi connectivity index (χ3v) is 4.73. The molecule has 1 aromatic rings. The quantitative estimate of drug-likeness (QED) is 0.926. The zero-order chi connectivity index (χ0) is 14.7. The average Bonchev–Trinajstić information content (AvgIpc) is 2.92. The van der Waals surface area contributed by atoms with Crippen molar-refractivity contribution in [2.75, 3.05) is 18.0 Å². The number of hydrogen-bond acceptors (Lipinski definition) is 2. The Labute approximate surface area is 134 Å². The van der Waals surface area contributed by atoms with Crippen LogP contribution in [0, 0.1) is 25.7 Å². The van der Waals surface area contributed by atoms with Crippen LogP contribution in [0.3, 0.4) is 0 Å². The predicted octanol–water partition coefficient (Wildman–Crippen LogP) is 3.45. The molecule has 1 aliphatic carbocycles. The summed E-state index contributed by atoms with van der Waals surface area (Å²) in [5, 5.41) is 0. The summed E-state index contributed by atoms with van der Waals surface area (Å²) in [4.78, 5) is 14.8. The molecule has 0 saturated heterocycles. The van der Waals surface area contributed by atoms with E-state index in [1.54, 1.807) is 0 Å². The number of halogens is 1. The van der Waals surface area contributed by atoms with Gasteiger partial charge in [0.25, 0.3) is 0 Å². The van der Waals surface area contributed by atoms with E-state index in [1.807, 2.05) is 17.9 Å². The van der Waals surface area contributed by atoms with Crippen LogP contribution >= 0.6 is 12.4 Å². The van der Waals surface area contributed by atoms with Crippen molar-refractivity contribution in [2.45, 2.75) is 40.0 Å². The molecular formula is C17H27ClN2O. The molecule has 0 bridgehead atoms. The maximum Gasteiger partial charge on any atom is 0.230 e. The van der Waals surface area contributed by atoms with Gasteiger partial charge in [-0.2, -0.15) is 0 Å². The summed E-state index contributed by atoms with van der Waals surface area (Å²) in [6.45, 7) is 7.58. The maximum atomic E-state index is 12.9. The molecule has 1 saturated carbocycles. The van der Waals surface area contributed by atoms with Gasteiger partial charge < -0.3 is 10.6 Å². The van der Waals surface area contributed by atoms with Crippen molar-refractivity contribution in [3.05, 3.63) is 29.3 Å². The second kappa shape index (κ2) is 7.81. The van der Waals surface area contributed by atoms with E-state index >= 15 is 0 Å². The van der Waals surface area contributed by atoms with Crippen molar-refractivity contribution >= 4 is 24.0 Å². The highest BCUT2D eigenvalue weighted by Crippen LogP contribution is 2.34. The van der Waals surface area contributed by atoms with Gasteiger partial charge in [0.1, 0.15) is 0 Å². The second-order valence-corrected chi connectivity index (χ2v) is 5.83. The van der Waals surface area contributed by atoms with Gasteiger partial charge in [-0.3, -0.25) is 4.79 Å². The molecule has 0 spiro atoms. The molecule has 1 aromatic carbocycles. The summed E-state index contributed by atoms with van der Waals surface area (Å²) in [7, 11) is 0. The number of benzene rings is 1. The van der Waals surface area contributed by atoms with Gasteiger partial charge in [0, 0.05) is 18.2 Å². The maximum absolute atomic E-state index is 12.9. The minimum atomic E-state index is 0.